The van der Waals surface area contributed by atoms with Gasteiger partial charge in [0.2, 0.25) is 5.82 Å². The average Bonchev–Trinajstić information content (AvgIpc) is 3.15. The van der Waals surface area contributed by atoms with Crippen LogP contribution in [0.1, 0.15) is 5.56 Å². The monoisotopic (exact) mass is 275 g/mol. The Balaban J connectivity index is 1.76. The normalized spacial score (nSPS) is 11.1. The van der Waals surface area contributed by atoms with Crippen LogP contribution in [0, 0.1) is 6.92 Å². The molecule has 0 radical (unpaired) electrons. The molecule has 0 saturated heterocycles. The molecule has 21 heavy (non-hydrogen) atoms. The first-order chi connectivity index (χ1) is 10.3. The third-order valence-electron chi connectivity index (χ3n) is 3.50. The Labute approximate surface area is 121 Å². The van der Waals surface area contributed by atoms with Crippen LogP contribution in [0.15, 0.2) is 59.3 Å². The number of hydrogen-bond acceptors (Lipinski definition) is 3. The third kappa shape index (κ3) is 2.10. The summed E-state index contributed by atoms with van der Waals surface area (Å²) < 4.78 is 5.38. The standard InChI is InChI=1S/C17H13N3O/c1-11-3-2-4-14(9-11)17-19-16(20-21-17)13-5-6-15-12(10-13)7-8-18-15/h2-10,18H,1H3. The number of aryl methyl sites for hydroxylation is 1. The second-order valence-corrected chi connectivity index (χ2v) is 5.07. The Hall–Kier alpha value is -2.88. The van der Waals surface area contributed by atoms with Gasteiger partial charge >= 0.3 is 0 Å². The Kier molecular flexibility index (Phi) is 2.60. The van der Waals surface area contributed by atoms with Crippen molar-refractivity contribution in [3.8, 4) is 22.8 Å². The number of H-pyrrole nitrogens is 1. The Morgan fingerprint density at radius 2 is 1.95 bits per heavy atom. The molecule has 0 saturated carbocycles. The zero-order chi connectivity index (χ0) is 14.2. The van der Waals surface area contributed by atoms with E-state index in [-0.39, 0.29) is 0 Å². The molecule has 2 aromatic heterocycles. The molecule has 0 amide bonds. The maximum atomic E-state index is 5.38. The number of benzene rings is 2. The second kappa shape index (κ2) is 4.59. The van der Waals surface area contributed by atoms with Crippen molar-refractivity contribution < 1.29 is 4.52 Å². The van der Waals surface area contributed by atoms with Crippen molar-refractivity contribution in [2.24, 2.45) is 0 Å². The molecule has 1 N–H and O–H groups in total. The molecule has 4 rings (SSSR count). The fourth-order valence-electron chi connectivity index (χ4n) is 2.43. The molecule has 0 unspecified atom stereocenters. The van der Waals surface area contributed by atoms with E-state index in [0.717, 1.165) is 22.0 Å². The van der Waals surface area contributed by atoms with Crippen molar-refractivity contribution in [1.29, 1.82) is 0 Å². The highest BCUT2D eigenvalue weighted by atomic mass is 16.5. The van der Waals surface area contributed by atoms with E-state index in [9.17, 15) is 0 Å². The van der Waals surface area contributed by atoms with Gasteiger partial charge in [0, 0.05) is 28.2 Å². The molecule has 0 aliphatic heterocycles. The maximum Gasteiger partial charge on any atom is 0.258 e. The molecule has 0 aliphatic carbocycles. The summed E-state index contributed by atoms with van der Waals surface area (Å²) in [4.78, 5) is 7.67. The van der Waals surface area contributed by atoms with Crippen LogP contribution in [0.5, 0.6) is 0 Å². The molecule has 2 aromatic carbocycles. The Morgan fingerprint density at radius 3 is 2.86 bits per heavy atom. The van der Waals surface area contributed by atoms with E-state index in [0.29, 0.717) is 11.7 Å². The van der Waals surface area contributed by atoms with Crippen LogP contribution in [0.2, 0.25) is 0 Å². The number of aromatic amines is 1. The Bertz CT molecular complexity index is 920. The predicted octanol–water partition coefficient (Wildman–Crippen LogP) is 4.19. The van der Waals surface area contributed by atoms with Crippen molar-refractivity contribution in [2.75, 3.05) is 0 Å². The quantitative estimate of drug-likeness (QED) is 0.596. The molecule has 0 aliphatic rings. The van der Waals surface area contributed by atoms with Crippen LogP contribution >= 0.6 is 0 Å². The highest BCUT2D eigenvalue weighted by Gasteiger charge is 2.11. The van der Waals surface area contributed by atoms with Gasteiger partial charge in [-0.2, -0.15) is 4.98 Å². The summed E-state index contributed by atoms with van der Waals surface area (Å²) in [7, 11) is 0. The molecule has 0 fully saturated rings. The molecule has 4 heteroatoms. The third-order valence-corrected chi connectivity index (χ3v) is 3.50. The Morgan fingerprint density at radius 1 is 1.00 bits per heavy atom. The van der Waals surface area contributed by atoms with Gasteiger partial charge in [-0.3, -0.25) is 0 Å². The molecule has 0 bridgehead atoms. The SMILES string of the molecule is Cc1cccc(-c2nc(-c3ccc4[nH]ccc4c3)no2)c1. The molecule has 0 atom stereocenters. The number of aromatic nitrogens is 3. The molecule has 2 heterocycles. The van der Waals surface area contributed by atoms with E-state index in [2.05, 4.69) is 21.2 Å². The molecule has 4 aromatic rings. The van der Waals surface area contributed by atoms with Gasteiger partial charge in [0.15, 0.2) is 0 Å². The van der Waals surface area contributed by atoms with Crippen LogP contribution < -0.4 is 0 Å². The van der Waals surface area contributed by atoms with Crippen LogP contribution in [-0.2, 0) is 0 Å². The second-order valence-electron chi connectivity index (χ2n) is 5.07. The zero-order valence-electron chi connectivity index (χ0n) is 11.5. The van der Waals surface area contributed by atoms with Gasteiger partial charge in [-0.1, -0.05) is 22.9 Å². The van der Waals surface area contributed by atoms with Gasteiger partial charge < -0.3 is 9.51 Å². The van der Waals surface area contributed by atoms with Crippen LogP contribution in [0.3, 0.4) is 0 Å². The molecule has 102 valence electrons. The van der Waals surface area contributed by atoms with Crippen molar-refractivity contribution >= 4 is 10.9 Å². The van der Waals surface area contributed by atoms with E-state index in [1.807, 2.05) is 55.6 Å². The van der Waals surface area contributed by atoms with E-state index in [1.54, 1.807) is 0 Å². The lowest BCUT2D eigenvalue weighted by molar-refractivity contribution is 0.432. The van der Waals surface area contributed by atoms with Gasteiger partial charge in [-0.15, -0.1) is 0 Å². The minimum atomic E-state index is 0.544. The summed E-state index contributed by atoms with van der Waals surface area (Å²) in [6.45, 7) is 2.04. The minimum Gasteiger partial charge on any atom is -0.361 e. The first kappa shape index (κ1) is 11.9. The first-order valence-corrected chi connectivity index (χ1v) is 6.78. The van der Waals surface area contributed by atoms with Gasteiger partial charge in [0.05, 0.1) is 0 Å². The topological polar surface area (TPSA) is 54.7 Å². The summed E-state index contributed by atoms with van der Waals surface area (Å²) in [5.41, 5.74) is 4.16. The average molecular weight is 275 g/mol. The number of nitrogens with one attached hydrogen (secondary N) is 1. The predicted molar refractivity (Wildman–Crippen MR) is 81.8 cm³/mol. The molecule has 4 nitrogen and oxygen atoms in total. The number of rotatable bonds is 2. The van der Waals surface area contributed by atoms with Crippen LogP contribution in [0.4, 0.5) is 0 Å². The van der Waals surface area contributed by atoms with Gasteiger partial charge in [-0.05, 0) is 43.3 Å². The lowest BCUT2D eigenvalue weighted by atomic mass is 10.1. The number of nitrogens with zero attached hydrogens (tertiary/aromatic N) is 2. The number of fused-ring (bicyclic) bond motifs is 1. The fourth-order valence-corrected chi connectivity index (χ4v) is 2.43. The first-order valence-electron chi connectivity index (χ1n) is 6.78. The lowest BCUT2D eigenvalue weighted by Gasteiger charge is -1.96. The van der Waals surface area contributed by atoms with E-state index >= 15 is 0 Å². The number of hydrogen-bond donors (Lipinski definition) is 1. The highest BCUT2D eigenvalue weighted by molar-refractivity contribution is 5.83. The summed E-state index contributed by atoms with van der Waals surface area (Å²) in [5, 5.41) is 5.22. The van der Waals surface area contributed by atoms with Gasteiger partial charge in [0.1, 0.15) is 0 Å². The molecular formula is C17H13N3O. The van der Waals surface area contributed by atoms with Crippen molar-refractivity contribution in [3.05, 3.63) is 60.3 Å². The van der Waals surface area contributed by atoms with Crippen molar-refractivity contribution in [3.63, 3.8) is 0 Å². The smallest absolute Gasteiger partial charge is 0.258 e. The molecule has 0 spiro atoms. The summed E-state index contributed by atoms with van der Waals surface area (Å²) in [6, 6.07) is 16.1. The van der Waals surface area contributed by atoms with Crippen molar-refractivity contribution in [1.82, 2.24) is 15.1 Å². The van der Waals surface area contributed by atoms with E-state index in [4.69, 9.17) is 4.52 Å². The zero-order valence-corrected chi connectivity index (χ0v) is 11.5. The van der Waals surface area contributed by atoms with Gasteiger partial charge in [0.25, 0.3) is 5.89 Å². The highest BCUT2D eigenvalue weighted by Crippen LogP contribution is 2.25. The summed E-state index contributed by atoms with van der Waals surface area (Å²) in [6.07, 6.45) is 1.92. The molecular weight excluding hydrogens is 262 g/mol. The minimum absolute atomic E-state index is 0.544. The van der Waals surface area contributed by atoms with E-state index in [1.165, 1.54) is 5.56 Å². The maximum absolute atomic E-state index is 5.38. The fraction of sp³-hybridized carbons (Fsp3) is 0.0588. The van der Waals surface area contributed by atoms with Crippen LogP contribution in [-0.4, -0.2) is 15.1 Å². The summed E-state index contributed by atoms with van der Waals surface area (Å²) >= 11 is 0. The van der Waals surface area contributed by atoms with Crippen molar-refractivity contribution in [2.45, 2.75) is 6.92 Å². The summed E-state index contributed by atoms with van der Waals surface area (Å²) in [5.74, 6) is 1.15. The lowest BCUT2D eigenvalue weighted by Crippen LogP contribution is -1.82. The van der Waals surface area contributed by atoms with Gasteiger partial charge in [-0.25, -0.2) is 0 Å². The van der Waals surface area contributed by atoms with Crippen LogP contribution in [0.25, 0.3) is 33.7 Å². The largest absolute Gasteiger partial charge is 0.361 e. The van der Waals surface area contributed by atoms with E-state index < -0.39 is 0 Å².